The van der Waals surface area contributed by atoms with Gasteiger partial charge in [-0.15, -0.1) is 0 Å². The number of carbonyl (C=O) groups is 2. The van der Waals surface area contributed by atoms with E-state index in [0.29, 0.717) is 6.29 Å². The van der Waals surface area contributed by atoms with E-state index < -0.39 is 5.97 Å². The van der Waals surface area contributed by atoms with E-state index in [1.807, 2.05) is 0 Å². The molecule has 0 aromatic carbocycles. The van der Waals surface area contributed by atoms with Crippen LogP contribution >= 0.6 is 11.6 Å². The molecule has 0 aliphatic heterocycles. The maximum absolute atomic E-state index is 10.5. The number of carboxylic acid groups (broad SMARTS) is 1. The molecule has 12 heavy (non-hydrogen) atoms. The molecular formula is C7H4ClNO3. The first-order valence-electron chi connectivity index (χ1n) is 2.99. The van der Waals surface area contributed by atoms with E-state index in [4.69, 9.17) is 16.7 Å². The molecule has 62 valence electrons. The van der Waals surface area contributed by atoms with Gasteiger partial charge in [0, 0.05) is 11.8 Å². The second-order valence-corrected chi connectivity index (χ2v) is 2.40. The van der Waals surface area contributed by atoms with Crippen molar-refractivity contribution in [3.8, 4) is 0 Å². The smallest absolute Gasteiger partial charge is 0.336 e. The highest BCUT2D eigenvalue weighted by molar-refractivity contribution is 6.29. The maximum atomic E-state index is 10.5. The van der Waals surface area contributed by atoms with Crippen LogP contribution in [0, 0.1) is 0 Å². The van der Waals surface area contributed by atoms with Gasteiger partial charge in [0.15, 0.2) is 6.29 Å². The van der Waals surface area contributed by atoms with Crippen LogP contribution in [0.4, 0.5) is 0 Å². The van der Waals surface area contributed by atoms with E-state index in [2.05, 4.69) is 4.98 Å². The molecule has 1 aromatic heterocycles. The molecule has 0 bridgehead atoms. The van der Waals surface area contributed by atoms with Crippen LogP contribution in [0.2, 0.25) is 5.15 Å². The highest BCUT2D eigenvalue weighted by Crippen LogP contribution is 2.11. The Hall–Kier alpha value is -1.42. The minimum atomic E-state index is -1.19. The topological polar surface area (TPSA) is 67.3 Å². The Labute approximate surface area is 72.8 Å². The molecule has 1 aromatic rings. The Kier molecular flexibility index (Phi) is 2.40. The number of rotatable bonds is 2. The lowest BCUT2D eigenvalue weighted by Crippen LogP contribution is -2.02. The third-order valence-corrected chi connectivity index (χ3v) is 1.47. The van der Waals surface area contributed by atoms with Gasteiger partial charge in [-0.1, -0.05) is 11.6 Å². The van der Waals surface area contributed by atoms with Crippen LogP contribution in [-0.4, -0.2) is 22.3 Å². The molecule has 0 saturated heterocycles. The third kappa shape index (κ3) is 1.60. The van der Waals surface area contributed by atoms with Crippen molar-refractivity contribution in [3.05, 3.63) is 28.5 Å². The van der Waals surface area contributed by atoms with Gasteiger partial charge in [0.25, 0.3) is 0 Å². The zero-order chi connectivity index (χ0) is 9.14. The molecule has 1 N–H and O–H groups in total. The van der Waals surface area contributed by atoms with Gasteiger partial charge in [0.2, 0.25) is 0 Å². The number of aromatic nitrogens is 1. The standard InChI is InChI=1S/C7H4ClNO3/c8-6-1-5(7(11)12)4(3-10)2-9-6/h1-3H,(H,11,12). The van der Waals surface area contributed by atoms with Gasteiger partial charge in [-0.05, 0) is 6.07 Å². The van der Waals surface area contributed by atoms with E-state index >= 15 is 0 Å². The lowest BCUT2D eigenvalue weighted by Gasteiger charge is -1.97. The molecular weight excluding hydrogens is 182 g/mol. The van der Waals surface area contributed by atoms with Crippen molar-refractivity contribution < 1.29 is 14.7 Å². The summed E-state index contributed by atoms with van der Waals surface area (Å²) in [5.41, 5.74) is -0.114. The molecule has 0 spiro atoms. The van der Waals surface area contributed by atoms with Crippen molar-refractivity contribution in [2.24, 2.45) is 0 Å². The summed E-state index contributed by atoms with van der Waals surface area (Å²) < 4.78 is 0. The molecule has 0 saturated carbocycles. The Morgan fingerprint density at radius 2 is 2.33 bits per heavy atom. The summed E-state index contributed by atoms with van der Waals surface area (Å²) >= 11 is 5.43. The normalized spacial score (nSPS) is 9.42. The lowest BCUT2D eigenvalue weighted by atomic mass is 10.1. The number of hydrogen-bond donors (Lipinski definition) is 1. The Morgan fingerprint density at radius 1 is 1.67 bits per heavy atom. The van der Waals surface area contributed by atoms with Crippen molar-refractivity contribution in [1.82, 2.24) is 4.98 Å². The number of aromatic carboxylic acids is 1. The number of carbonyl (C=O) groups excluding carboxylic acids is 1. The van der Waals surface area contributed by atoms with E-state index in [1.54, 1.807) is 0 Å². The summed E-state index contributed by atoms with van der Waals surface area (Å²) in [7, 11) is 0. The number of hydrogen-bond acceptors (Lipinski definition) is 3. The molecule has 0 unspecified atom stereocenters. The van der Waals surface area contributed by atoms with Crippen LogP contribution in [0.1, 0.15) is 20.7 Å². The first-order chi connectivity index (χ1) is 5.65. The number of carboxylic acids is 1. The third-order valence-electron chi connectivity index (χ3n) is 1.26. The van der Waals surface area contributed by atoms with Crippen LogP contribution in [-0.2, 0) is 0 Å². The largest absolute Gasteiger partial charge is 0.478 e. The number of halogens is 1. The second-order valence-electron chi connectivity index (χ2n) is 2.02. The first-order valence-corrected chi connectivity index (χ1v) is 3.37. The molecule has 0 fully saturated rings. The second kappa shape index (κ2) is 3.32. The van der Waals surface area contributed by atoms with Crippen molar-refractivity contribution >= 4 is 23.9 Å². The Balaban J connectivity index is 3.30. The van der Waals surface area contributed by atoms with Gasteiger partial charge in [0.1, 0.15) is 5.15 Å². The molecule has 1 rings (SSSR count). The molecule has 0 amide bonds. The molecule has 4 nitrogen and oxygen atoms in total. The van der Waals surface area contributed by atoms with Gasteiger partial charge in [-0.2, -0.15) is 0 Å². The van der Waals surface area contributed by atoms with Gasteiger partial charge < -0.3 is 5.11 Å². The molecule has 5 heteroatoms. The van der Waals surface area contributed by atoms with Crippen LogP contribution in [0.25, 0.3) is 0 Å². The SMILES string of the molecule is O=Cc1cnc(Cl)cc1C(=O)O. The average molecular weight is 186 g/mol. The van der Waals surface area contributed by atoms with E-state index in [9.17, 15) is 9.59 Å². The van der Waals surface area contributed by atoms with Crippen LogP contribution in [0.3, 0.4) is 0 Å². The number of pyridine rings is 1. The van der Waals surface area contributed by atoms with Crippen molar-refractivity contribution in [1.29, 1.82) is 0 Å². The highest BCUT2D eigenvalue weighted by Gasteiger charge is 2.09. The van der Waals surface area contributed by atoms with E-state index in [-0.39, 0.29) is 16.3 Å². The number of aldehydes is 1. The summed E-state index contributed by atoms with van der Waals surface area (Å²) in [4.78, 5) is 24.3. The summed E-state index contributed by atoms with van der Waals surface area (Å²) in [6, 6.07) is 1.13. The fourth-order valence-electron chi connectivity index (χ4n) is 0.720. The van der Waals surface area contributed by atoms with Gasteiger partial charge in [0.05, 0.1) is 5.56 Å². The quantitative estimate of drug-likeness (QED) is 0.556. The van der Waals surface area contributed by atoms with Crippen LogP contribution in [0.15, 0.2) is 12.3 Å². The zero-order valence-electron chi connectivity index (χ0n) is 5.82. The Morgan fingerprint density at radius 3 is 2.83 bits per heavy atom. The van der Waals surface area contributed by atoms with E-state index in [1.165, 1.54) is 0 Å². The maximum Gasteiger partial charge on any atom is 0.336 e. The fourth-order valence-corrected chi connectivity index (χ4v) is 0.877. The molecule has 0 atom stereocenters. The van der Waals surface area contributed by atoms with Crippen molar-refractivity contribution in [2.45, 2.75) is 0 Å². The molecule has 0 radical (unpaired) electrons. The van der Waals surface area contributed by atoms with Gasteiger partial charge in [-0.3, -0.25) is 4.79 Å². The predicted octanol–water partition coefficient (Wildman–Crippen LogP) is 1.25. The summed E-state index contributed by atoms with van der Waals surface area (Å²) in [6.07, 6.45) is 1.55. The lowest BCUT2D eigenvalue weighted by molar-refractivity contribution is 0.0694. The minimum Gasteiger partial charge on any atom is -0.478 e. The monoisotopic (exact) mass is 185 g/mol. The van der Waals surface area contributed by atoms with Crippen LogP contribution < -0.4 is 0 Å². The molecule has 0 aliphatic rings. The molecule has 0 aliphatic carbocycles. The van der Waals surface area contributed by atoms with Crippen molar-refractivity contribution in [2.75, 3.05) is 0 Å². The highest BCUT2D eigenvalue weighted by atomic mass is 35.5. The van der Waals surface area contributed by atoms with Crippen molar-refractivity contribution in [3.63, 3.8) is 0 Å². The van der Waals surface area contributed by atoms with Crippen LogP contribution in [0.5, 0.6) is 0 Å². The molecule has 1 heterocycles. The minimum absolute atomic E-state index is 0.0203. The Bertz CT molecular complexity index is 337. The predicted molar refractivity (Wildman–Crippen MR) is 41.6 cm³/mol. The summed E-state index contributed by atoms with van der Waals surface area (Å²) in [6.45, 7) is 0. The first kappa shape index (κ1) is 8.67. The number of nitrogens with zero attached hydrogens (tertiary/aromatic N) is 1. The summed E-state index contributed by atoms with van der Waals surface area (Å²) in [5, 5.41) is 8.63. The fraction of sp³-hybridized carbons (Fsp3) is 0. The van der Waals surface area contributed by atoms with E-state index in [0.717, 1.165) is 12.3 Å². The zero-order valence-corrected chi connectivity index (χ0v) is 6.58. The summed E-state index contributed by atoms with van der Waals surface area (Å²) in [5.74, 6) is -1.19. The van der Waals surface area contributed by atoms with Gasteiger partial charge >= 0.3 is 5.97 Å². The average Bonchev–Trinajstić information content (AvgIpc) is 2.04. The van der Waals surface area contributed by atoms with Gasteiger partial charge in [-0.25, -0.2) is 9.78 Å².